The molecule has 0 amide bonds. The van der Waals surface area contributed by atoms with Crippen LogP contribution >= 0.6 is 0 Å². The third kappa shape index (κ3) is 1.79. The second-order valence-electron chi connectivity index (χ2n) is 2.97. The Hall–Kier alpha value is -2.34. The Bertz CT molecular complexity index is 617. The van der Waals surface area contributed by atoms with Crippen LogP contribution in [0.5, 0.6) is 0 Å². The fourth-order valence-corrected chi connectivity index (χ4v) is 1.32. The van der Waals surface area contributed by atoms with Gasteiger partial charge in [-0.15, -0.1) is 0 Å². The molecule has 0 aliphatic heterocycles. The highest BCUT2D eigenvalue weighted by molar-refractivity contribution is 5.76. The van der Waals surface area contributed by atoms with Gasteiger partial charge in [0.25, 0.3) is 0 Å². The minimum Gasteiger partial charge on any atom is -0.456 e. The molecular formula is C12H7NO2. The van der Waals surface area contributed by atoms with Gasteiger partial charge in [-0.25, -0.2) is 0 Å². The molecule has 1 aromatic carbocycles. The summed E-state index contributed by atoms with van der Waals surface area (Å²) in [5.41, 5.74) is 0.428. The molecule has 0 N–H and O–H groups in total. The second-order valence-corrected chi connectivity index (χ2v) is 2.97. The van der Waals surface area contributed by atoms with Crippen LogP contribution in [0.15, 0.2) is 45.6 Å². The molecule has 3 nitrogen and oxygen atoms in total. The first-order valence-corrected chi connectivity index (χ1v) is 4.40. The largest absolute Gasteiger partial charge is 0.456 e. The summed E-state index contributed by atoms with van der Waals surface area (Å²) in [7, 11) is 0. The van der Waals surface area contributed by atoms with Gasteiger partial charge < -0.3 is 4.42 Å². The second kappa shape index (κ2) is 3.81. The fraction of sp³-hybridized carbons (Fsp3) is 0. The summed E-state index contributed by atoms with van der Waals surface area (Å²) in [6, 6.07) is 10.2. The van der Waals surface area contributed by atoms with E-state index in [0.717, 1.165) is 0 Å². The van der Waals surface area contributed by atoms with Crippen LogP contribution < -0.4 is 5.43 Å². The predicted molar refractivity (Wildman–Crippen MR) is 57.1 cm³/mol. The molecule has 0 aliphatic carbocycles. The van der Waals surface area contributed by atoms with E-state index in [2.05, 4.69) is 0 Å². The Kier molecular flexibility index (Phi) is 2.34. The van der Waals surface area contributed by atoms with Crippen molar-refractivity contribution in [3.05, 3.63) is 52.4 Å². The predicted octanol–water partition coefficient (Wildman–Crippen LogP) is 2.33. The summed E-state index contributed by atoms with van der Waals surface area (Å²) >= 11 is 0. The number of allylic oxidation sites excluding steroid dienone is 1. The zero-order chi connectivity index (χ0) is 10.7. The van der Waals surface area contributed by atoms with E-state index in [0.29, 0.717) is 16.7 Å². The highest BCUT2D eigenvalue weighted by atomic mass is 16.3. The van der Waals surface area contributed by atoms with Crippen molar-refractivity contribution < 1.29 is 4.42 Å². The average Bonchev–Trinajstić information content (AvgIpc) is 2.26. The maximum atomic E-state index is 11.6. The number of hydrogen-bond acceptors (Lipinski definition) is 3. The van der Waals surface area contributed by atoms with Crippen LogP contribution in [0.3, 0.4) is 0 Å². The van der Waals surface area contributed by atoms with Crippen molar-refractivity contribution in [3.8, 4) is 6.07 Å². The fourth-order valence-electron chi connectivity index (χ4n) is 1.32. The van der Waals surface area contributed by atoms with Crippen LogP contribution in [-0.2, 0) is 0 Å². The van der Waals surface area contributed by atoms with Gasteiger partial charge >= 0.3 is 0 Å². The molecule has 15 heavy (non-hydrogen) atoms. The third-order valence-corrected chi connectivity index (χ3v) is 1.98. The molecule has 1 aromatic heterocycles. The van der Waals surface area contributed by atoms with E-state index in [1.54, 1.807) is 24.3 Å². The van der Waals surface area contributed by atoms with Crippen molar-refractivity contribution in [1.82, 2.24) is 0 Å². The highest BCUT2D eigenvalue weighted by Crippen LogP contribution is 2.12. The van der Waals surface area contributed by atoms with E-state index in [9.17, 15) is 4.79 Å². The minimum absolute atomic E-state index is 0.102. The third-order valence-electron chi connectivity index (χ3n) is 1.98. The van der Waals surface area contributed by atoms with Crippen molar-refractivity contribution >= 4 is 17.0 Å². The standard InChI is InChI=1S/C12H7NO2/c13-7-3-4-9-8-11(14)10-5-1-2-6-12(10)15-9/h1-6,8H/b4-3+. The molecule has 0 bridgehead atoms. The van der Waals surface area contributed by atoms with E-state index in [-0.39, 0.29) is 5.43 Å². The Morgan fingerprint density at radius 2 is 2.13 bits per heavy atom. The van der Waals surface area contributed by atoms with Gasteiger partial charge in [0.05, 0.1) is 11.5 Å². The zero-order valence-electron chi connectivity index (χ0n) is 7.81. The first kappa shape index (κ1) is 9.22. The molecule has 0 spiro atoms. The minimum atomic E-state index is -0.102. The van der Waals surface area contributed by atoms with Gasteiger partial charge in [0.1, 0.15) is 11.3 Å². The number of benzene rings is 1. The van der Waals surface area contributed by atoms with E-state index < -0.39 is 0 Å². The van der Waals surface area contributed by atoms with Gasteiger partial charge in [-0.05, 0) is 18.2 Å². The van der Waals surface area contributed by atoms with E-state index in [1.807, 2.05) is 6.07 Å². The number of nitrogens with zero attached hydrogens (tertiary/aromatic N) is 1. The van der Waals surface area contributed by atoms with Crippen LogP contribution in [-0.4, -0.2) is 0 Å². The van der Waals surface area contributed by atoms with Crippen molar-refractivity contribution in [2.24, 2.45) is 0 Å². The highest BCUT2D eigenvalue weighted by Gasteiger charge is 2.00. The smallest absolute Gasteiger partial charge is 0.193 e. The molecular weight excluding hydrogens is 190 g/mol. The number of para-hydroxylation sites is 1. The van der Waals surface area contributed by atoms with E-state index >= 15 is 0 Å². The van der Waals surface area contributed by atoms with Gasteiger partial charge in [0, 0.05) is 12.1 Å². The molecule has 72 valence electrons. The van der Waals surface area contributed by atoms with Crippen LogP contribution in [0.4, 0.5) is 0 Å². The SMILES string of the molecule is N#C/C=C/c1cc(=O)c2ccccc2o1. The maximum Gasteiger partial charge on any atom is 0.193 e. The van der Waals surface area contributed by atoms with Crippen molar-refractivity contribution in [2.75, 3.05) is 0 Å². The molecule has 2 rings (SSSR count). The van der Waals surface area contributed by atoms with Gasteiger partial charge in [0.15, 0.2) is 5.43 Å². The van der Waals surface area contributed by atoms with Crippen LogP contribution in [0.1, 0.15) is 5.76 Å². The molecule has 0 radical (unpaired) electrons. The Morgan fingerprint density at radius 1 is 1.33 bits per heavy atom. The van der Waals surface area contributed by atoms with Crippen molar-refractivity contribution in [1.29, 1.82) is 5.26 Å². The van der Waals surface area contributed by atoms with Gasteiger partial charge in [-0.1, -0.05) is 12.1 Å². The molecule has 0 fully saturated rings. The van der Waals surface area contributed by atoms with Gasteiger partial charge in [-0.2, -0.15) is 5.26 Å². The molecule has 0 atom stereocenters. The number of hydrogen-bond donors (Lipinski definition) is 0. The topological polar surface area (TPSA) is 54.0 Å². The van der Waals surface area contributed by atoms with Crippen LogP contribution in [0.25, 0.3) is 17.0 Å². The maximum absolute atomic E-state index is 11.6. The van der Waals surface area contributed by atoms with Crippen molar-refractivity contribution in [2.45, 2.75) is 0 Å². The van der Waals surface area contributed by atoms with Crippen molar-refractivity contribution in [3.63, 3.8) is 0 Å². The molecule has 3 heteroatoms. The Balaban J connectivity index is 2.69. The van der Waals surface area contributed by atoms with E-state index in [4.69, 9.17) is 9.68 Å². The first-order valence-electron chi connectivity index (χ1n) is 4.40. The molecule has 1 heterocycles. The summed E-state index contributed by atoms with van der Waals surface area (Å²) in [6.45, 7) is 0. The normalized spacial score (nSPS) is 10.6. The van der Waals surface area contributed by atoms with Crippen LogP contribution in [0, 0.1) is 11.3 Å². The molecule has 0 unspecified atom stereocenters. The number of fused-ring (bicyclic) bond motifs is 1. The quantitative estimate of drug-likeness (QED) is 0.659. The molecule has 0 saturated heterocycles. The lowest BCUT2D eigenvalue weighted by Gasteiger charge is -1.97. The first-order chi connectivity index (χ1) is 7.31. The molecule has 0 aliphatic rings. The summed E-state index contributed by atoms with van der Waals surface area (Å²) in [5, 5.41) is 8.90. The Morgan fingerprint density at radius 3 is 2.93 bits per heavy atom. The summed E-state index contributed by atoms with van der Waals surface area (Å²) in [4.78, 5) is 11.6. The lowest BCUT2D eigenvalue weighted by Crippen LogP contribution is -1.99. The molecule has 0 saturated carbocycles. The lowest BCUT2D eigenvalue weighted by molar-refractivity contribution is 0.591. The zero-order valence-corrected chi connectivity index (χ0v) is 7.81. The van der Waals surface area contributed by atoms with Crippen LogP contribution in [0.2, 0.25) is 0 Å². The van der Waals surface area contributed by atoms with Gasteiger partial charge in [0.2, 0.25) is 0 Å². The van der Waals surface area contributed by atoms with E-state index in [1.165, 1.54) is 18.2 Å². The molecule has 2 aromatic rings. The monoisotopic (exact) mass is 197 g/mol. The summed E-state index contributed by atoms with van der Waals surface area (Å²) in [5.74, 6) is 0.389. The van der Waals surface area contributed by atoms with Gasteiger partial charge in [-0.3, -0.25) is 4.79 Å². The summed E-state index contributed by atoms with van der Waals surface area (Å²) in [6.07, 6.45) is 2.74. The number of nitriles is 1. The Labute approximate surface area is 85.9 Å². The lowest BCUT2D eigenvalue weighted by atomic mass is 10.2. The average molecular weight is 197 g/mol. The number of rotatable bonds is 1. The summed E-state index contributed by atoms with van der Waals surface area (Å²) < 4.78 is 5.41.